The standard InChI is InChI=1S/C12H12N4S/c1-8-6-16(15-12(8)13)7-11-14-9-4-2-3-5-10(9)17-11/h2-6H,7H2,1H3,(H2,13,15). The quantitative estimate of drug-likeness (QED) is 0.753. The second-order valence-electron chi connectivity index (χ2n) is 3.97. The maximum Gasteiger partial charge on any atom is 0.148 e. The number of para-hydroxylation sites is 1. The van der Waals surface area contributed by atoms with Gasteiger partial charge < -0.3 is 5.73 Å². The summed E-state index contributed by atoms with van der Waals surface area (Å²) >= 11 is 1.69. The van der Waals surface area contributed by atoms with Crippen LogP contribution < -0.4 is 5.73 Å². The molecule has 0 aliphatic heterocycles. The molecule has 0 radical (unpaired) electrons. The minimum Gasteiger partial charge on any atom is -0.382 e. The van der Waals surface area contributed by atoms with Gasteiger partial charge in [0, 0.05) is 11.8 Å². The van der Waals surface area contributed by atoms with Gasteiger partial charge in [-0.25, -0.2) is 4.98 Å². The fraction of sp³-hybridized carbons (Fsp3) is 0.167. The van der Waals surface area contributed by atoms with Crippen LogP contribution in [0.25, 0.3) is 10.2 Å². The minimum absolute atomic E-state index is 0.589. The van der Waals surface area contributed by atoms with Crippen LogP contribution in [0.1, 0.15) is 10.6 Å². The molecular weight excluding hydrogens is 232 g/mol. The van der Waals surface area contributed by atoms with Crippen molar-refractivity contribution in [2.75, 3.05) is 5.73 Å². The van der Waals surface area contributed by atoms with E-state index >= 15 is 0 Å². The predicted molar refractivity (Wildman–Crippen MR) is 70.1 cm³/mol. The van der Waals surface area contributed by atoms with Crippen molar-refractivity contribution >= 4 is 27.4 Å². The van der Waals surface area contributed by atoms with Crippen LogP contribution in [-0.2, 0) is 6.54 Å². The fourth-order valence-corrected chi connectivity index (χ4v) is 2.70. The van der Waals surface area contributed by atoms with Gasteiger partial charge >= 0.3 is 0 Å². The topological polar surface area (TPSA) is 56.7 Å². The Bertz CT molecular complexity index is 616. The number of nitrogen functional groups attached to an aromatic ring is 1. The molecule has 0 fully saturated rings. The molecule has 86 valence electrons. The lowest BCUT2D eigenvalue weighted by Gasteiger charge is -1.95. The number of aromatic nitrogens is 3. The fourth-order valence-electron chi connectivity index (χ4n) is 1.74. The Balaban J connectivity index is 1.94. The van der Waals surface area contributed by atoms with Crippen LogP contribution >= 0.6 is 11.3 Å². The molecule has 0 unspecified atom stereocenters. The number of aryl methyl sites for hydroxylation is 1. The van der Waals surface area contributed by atoms with Crippen LogP contribution in [0.3, 0.4) is 0 Å². The Hall–Kier alpha value is -1.88. The van der Waals surface area contributed by atoms with Crippen LogP contribution in [0.2, 0.25) is 0 Å². The summed E-state index contributed by atoms with van der Waals surface area (Å²) in [7, 11) is 0. The molecule has 0 saturated heterocycles. The third kappa shape index (κ3) is 1.89. The summed E-state index contributed by atoms with van der Waals surface area (Å²) in [6, 6.07) is 8.14. The molecule has 0 saturated carbocycles. The van der Waals surface area contributed by atoms with Crippen LogP contribution in [-0.4, -0.2) is 14.8 Å². The van der Waals surface area contributed by atoms with E-state index in [2.05, 4.69) is 16.1 Å². The zero-order chi connectivity index (χ0) is 11.8. The Morgan fingerprint density at radius 1 is 1.35 bits per heavy atom. The molecule has 3 rings (SSSR count). The number of benzene rings is 1. The molecule has 2 N–H and O–H groups in total. The van der Waals surface area contributed by atoms with Crippen LogP contribution in [0.5, 0.6) is 0 Å². The molecule has 0 atom stereocenters. The molecule has 0 aliphatic rings. The Labute approximate surface area is 103 Å². The number of rotatable bonds is 2. The summed E-state index contributed by atoms with van der Waals surface area (Å²) < 4.78 is 3.04. The van der Waals surface area contributed by atoms with Crippen molar-refractivity contribution in [1.29, 1.82) is 0 Å². The van der Waals surface area contributed by atoms with Gasteiger partial charge in [-0.1, -0.05) is 12.1 Å². The van der Waals surface area contributed by atoms with E-state index in [4.69, 9.17) is 5.73 Å². The monoisotopic (exact) mass is 244 g/mol. The number of hydrogen-bond acceptors (Lipinski definition) is 4. The van der Waals surface area contributed by atoms with E-state index in [1.54, 1.807) is 11.3 Å². The zero-order valence-corrected chi connectivity index (χ0v) is 10.2. The predicted octanol–water partition coefficient (Wildman–Crippen LogP) is 2.43. The highest BCUT2D eigenvalue weighted by molar-refractivity contribution is 7.18. The van der Waals surface area contributed by atoms with Crippen molar-refractivity contribution in [3.63, 3.8) is 0 Å². The van der Waals surface area contributed by atoms with Crippen molar-refractivity contribution in [1.82, 2.24) is 14.8 Å². The van der Waals surface area contributed by atoms with Crippen molar-refractivity contribution in [3.8, 4) is 0 Å². The van der Waals surface area contributed by atoms with Gasteiger partial charge in [-0.3, -0.25) is 4.68 Å². The number of hydrogen-bond donors (Lipinski definition) is 1. The zero-order valence-electron chi connectivity index (χ0n) is 9.42. The van der Waals surface area contributed by atoms with E-state index < -0.39 is 0 Å². The summed E-state index contributed by atoms with van der Waals surface area (Å²) in [6.07, 6.45) is 1.95. The van der Waals surface area contributed by atoms with Crippen molar-refractivity contribution in [2.45, 2.75) is 13.5 Å². The largest absolute Gasteiger partial charge is 0.382 e. The Kier molecular flexibility index (Phi) is 2.33. The molecule has 0 bridgehead atoms. The SMILES string of the molecule is Cc1cn(Cc2nc3ccccc3s2)nc1N. The average Bonchev–Trinajstić information content (AvgIpc) is 2.83. The summed E-state index contributed by atoms with van der Waals surface area (Å²) in [4.78, 5) is 4.56. The normalized spacial score (nSPS) is 11.1. The molecule has 17 heavy (non-hydrogen) atoms. The summed E-state index contributed by atoms with van der Waals surface area (Å²) in [5.41, 5.74) is 7.77. The van der Waals surface area contributed by atoms with E-state index in [-0.39, 0.29) is 0 Å². The van der Waals surface area contributed by atoms with Crippen LogP contribution in [0.4, 0.5) is 5.82 Å². The molecule has 1 aromatic carbocycles. The number of anilines is 1. The van der Waals surface area contributed by atoms with E-state index in [0.717, 1.165) is 16.1 Å². The molecule has 2 heterocycles. The highest BCUT2D eigenvalue weighted by atomic mass is 32.1. The third-order valence-corrected chi connectivity index (χ3v) is 3.64. The van der Waals surface area contributed by atoms with E-state index in [1.165, 1.54) is 4.70 Å². The lowest BCUT2D eigenvalue weighted by molar-refractivity contribution is 0.687. The summed E-state index contributed by atoms with van der Waals surface area (Å²) in [5.74, 6) is 0.589. The van der Waals surface area contributed by atoms with Crippen LogP contribution in [0, 0.1) is 6.92 Å². The first-order chi connectivity index (χ1) is 8.22. The molecule has 4 nitrogen and oxygen atoms in total. The lowest BCUT2D eigenvalue weighted by atomic mass is 10.3. The van der Waals surface area contributed by atoms with Gasteiger partial charge in [-0.15, -0.1) is 11.3 Å². The third-order valence-electron chi connectivity index (χ3n) is 2.62. The number of nitrogens with two attached hydrogens (primary N) is 1. The van der Waals surface area contributed by atoms with Crippen molar-refractivity contribution in [2.24, 2.45) is 0 Å². The summed E-state index contributed by atoms with van der Waals surface area (Å²) in [6.45, 7) is 2.63. The van der Waals surface area contributed by atoms with Gasteiger partial charge in [0.25, 0.3) is 0 Å². The second kappa shape index (κ2) is 3.85. The average molecular weight is 244 g/mol. The Morgan fingerprint density at radius 3 is 2.88 bits per heavy atom. The van der Waals surface area contributed by atoms with Crippen LogP contribution in [0.15, 0.2) is 30.5 Å². The van der Waals surface area contributed by atoms with E-state index in [1.807, 2.05) is 36.0 Å². The van der Waals surface area contributed by atoms with Gasteiger partial charge in [-0.2, -0.15) is 5.10 Å². The van der Waals surface area contributed by atoms with E-state index in [0.29, 0.717) is 12.4 Å². The van der Waals surface area contributed by atoms with Gasteiger partial charge in [0.1, 0.15) is 10.8 Å². The first-order valence-corrected chi connectivity index (χ1v) is 6.18. The second-order valence-corrected chi connectivity index (χ2v) is 5.09. The van der Waals surface area contributed by atoms with Gasteiger partial charge in [0.05, 0.1) is 16.8 Å². The number of thiazole rings is 1. The van der Waals surface area contributed by atoms with Gasteiger partial charge in [-0.05, 0) is 19.1 Å². The number of nitrogens with zero attached hydrogens (tertiary/aromatic N) is 3. The van der Waals surface area contributed by atoms with Gasteiger partial charge in [0.15, 0.2) is 0 Å². The van der Waals surface area contributed by atoms with Gasteiger partial charge in [0.2, 0.25) is 0 Å². The van der Waals surface area contributed by atoms with E-state index in [9.17, 15) is 0 Å². The Morgan fingerprint density at radius 2 is 2.18 bits per heavy atom. The summed E-state index contributed by atoms with van der Waals surface area (Å²) in [5, 5.41) is 5.29. The van der Waals surface area contributed by atoms with Crippen molar-refractivity contribution < 1.29 is 0 Å². The maximum atomic E-state index is 5.72. The molecular formula is C12H12N4S. The maximum absolute atomic E-state index is 5.72. The smallest absolute Gasteiger partial charge is 0.148 e. The highest BCUT2D eigenvalue weighted by Gasteiger charge is 2.06. The number of fused-ring (bicyclic) bond motifs is 1. The molecule has 3 aromatic rings. The van der Waals surface area contributed by atoms with Crippen molar-refractivity contribution in [3.05, 3.63) is 41.0 Å². The molecule has 0 spiro atoms. The first-order valence-electron chi connectivity index (χ1n) is 5.36. The lowest BCUT2D eigenvalue weighted by Crippen LogP contribution is -2.00. The highest BCUT2D eigenvalue weighted by Crippen LogP contribution is 2.22. The molecule has 2 aromatic heterocycles. The minimum atomic E-state index is 0.589. The molecule has 5 heteroatoms. The molecule has 0 aliphatic carbocycles. The molecule has 0 amide bonds. The first kappa shape index (κ1) is 10.3.